The second-order valence-corrected chi connectivity index (χ2v) is 3.99. The molecule has 0 aliphatic carbocycles. The van der Waals surface area contributed by atoms with Crippen LogP contribution in [0.2, 0.25) is 0 Å². The smallest absolute Gasteiger partial charge is 0.269 e. The molecule has 0 heterocycles. The van der Waals surface area contributed by atoms with Crippen LogP contribution in [-0.2, 0) is 0 Å². The SMILES string of the molecule is CC(C)N(C(N)=S)c1ccc([N+](=O)[O-])cc1. The van der Waals surface area contributed by atoms with E-state index in [4.69, 9.17) is 18.0 Å². The Morgan fingerprint density at radius 3 is 2.25 bits per heavy atom. The molecule has 0 bridgehead atoms. The van der Waals surface area contributed by atoms with E-state index in [-0.39, 0.29) is 16.8 Å². The molecule has 0 fully saturated rings. The number of benzene rings is 1. The van der Waals surface area contributed by atoms with Gasteiger partial charge in [-0.05, 0) is 38.2 Å². The number of nitrogens with two attached hydrogens (primary N) is 1. The molecule has 0 saturated heterocycles. The highest BCUT2D eigenvalue weighted by Crippen LogP contribution is 2.20. The minimum Gasteiger partial charge on any atom is -0.376 e. The summed E-state index contributed by atoms with van der Waals surface area (Å²) in [5, 5.41) is 10.7. The normalized spacial score (nSPS) is 10.2. The number of hydrogen-bond acceptors (Lipinski definition) is 3. The quantitative estimate of drug-likeness (QED) is 0.496. The van der Waals surface area contributed by atoms with Crippen molar-refractivity contribution in [2.24, 2.45) is 5.73 Å². The van der Waals surface area contributed by atoms with Gasteiger partial charge in [0.05, 0.1) is 4.92 Å². The molecule has 5 nitrogen and oxygen atoms in total. The molecule has 86 valence electrons. The zero-order chi connectivity index (χ0) is 12.3. The summed E-state index contributed by atoms with van der Waals surface area (Å²) in [4.78, 5) is 11.8. The van der Waals surface area contributed by atoms with Gasteiger partial charge in [-0.1, -0.05) is 0 Å². The van der Waals surface area contributed by atoms with Crippen LogP contribution >= 0.6 is 12.2 Å². The number of nitro groups is 1. The monoisotopic (exact) mass is 239 g/mol. The molecule has 16 heavy (non-hydrogen) atoms. The van der Waals surface area contributed by atoms with Crippen LogP contribution in [0.5, 0.6) is 0 Å². The summed E-state index contributed by atoms with van der Waals surface area (Å²) in [6.07, 6.45) is 0. The van der Waals surface area contributed by atoms with E-state index in [1.54, 1.807) is 17.0 Å². The Balaban J connectivity index is 3.03. The number of non-ortho nitro benzene ring substituents is 1. The summed E-state index contributed by atoms with van der Waals surface area (Å²) < 4.78 is 0. The zero-order valence-corrected chi connectivity index (χ0v) is 9.90. The average molecular weight is 239 g/mol. The molecule has 0 radical (unpaired) electrons. The van der Waals surface area contributed by atoms with E-state index in [2.05, 4.69) is 0 Å². The van der Waals surface area contributed by atoms with Crippen LogP contribution in [0.15, 0.2) is 24.3 Å². The van der Waals surface area contributed by atoms with E-state index in [1.165, 1.54) is 12.1 Å². The maximum atomic E-state index is 10.5. The van der Waals surface area contributed by atoms with Crippen molar-refractivity contribution >= 4 is 28.7 Å². The molecule has 2 N–H and O–H groups in total. The Morgan fingerprint density at radius 2 is 1.94 bits per heavy atom. The number of thiocarbonyl (C=S) groups is 1. The van der Waals surface area contributed by atoms with Gasteiger partial charge in [-0.15, -0.1) is 0 Å². The summed E-state index contributed by atoms with van der Waals surface area (Å²) in [6, 6.07) is 6.25. The van der Waals surface area contributed by atoms with Crippen LogP contribution in [0.25, 0.3) is 0 Å². The van der Waals surface area contributed by atoms with Crippen molar-refractivity contribution < 1.29 is 4.92 Å². The lowest BCUT2D eigenvalue weighted by molar-refractivity contribution is -0.384. The van der Waals surface area contributed by atoms with Gasteiger partial charge in [-0.3, -0.25) is 10.1 Å². The lowest BCUT2D eigenvalue weighted by atomic mass is 10.2. The highest BCUT2D eigenvalue weighted by molar-refractivity contribution is 7.80. The molecular weight excluding hydrogens is 226 g/mol. The molecule has 0 atom stereocenters. The Bertz CT molecular complexity index is 403. The summed E-state index contributed by atoms with van der Waals surface area (Å²) in [7, 11) is 0. The first-order valence-electron chi connectivity index (χ1n) is 4.76. The second kappa shape index (κ2) is 4.89. The van der Waals surface area contributed by atoms with Gasteiger partial charge in [0.1, 0.15) is 0 Å². The summed E-state index contributed by atoms with van der Waals surface area (Å²) in [5.41, 5.74) is 6.40. The zero-order valence-electron chi connectivity index (χ0n) is 9.08. The summed E-state index contributed by atoms with van der Waals surface area (Å²) in [5.74, 6) is 0. The third-order valence-electron chi connectivity index (χ3n) is 2.09. The Morgan fingerprint density at radius 1 is 1.44 bits per heavy atom. The molecule has 0 spiro atoms. The van der Waals surface area contributed by atoms with E-state index in [0.29, 0.717) is 0 Å². The van der Waals surface area contributed by atoms with Crippen LogP contribution in [0, 0.1) is 10.1 Å². The molecule has 0 aromatic heterocycles. The summed E-state index contributed by atoms with van der Waals surface area (Å²) >= 11 is 4.93. The number of hydrogen-bond donors (Lipinski definition) is 1. The van der Waals surface area contributed by atoms with Crippen LogP contribution in [0.1, 0.15) is 13.8 Å². The maximum absolute atomic E-state index is 10.5. The largest absolute Gasteiger partial charge is 0.376 e. The Labute approximate surface area is 99.0 Å². The first kappa shape index (κ1) is 12.4. The van der Waals surface area contributed by atoms with Gasteiger partial charge in [-0.25, -0.2) is 0 Å². The van der Waals surface area contributed by atoms with Crippen LogP contribution < -0.4 is 10.6 Å². The van der Waals surface area contributed by atoms with Gasteiger partial charge < -0.3 is 10.6 Å². The van der Waals surface area contributed by atoms with Crippen molar-refractivity contribution in [2.75, 3.05) is 4.90 Å². The first-order chi connectivity index (χ1) is 7.43. The second-order valence-electron chi connectivity index (χ2n) is 3.58. The predicted molar refractivity (Wildman–Crippen MR) is 67.5 cm³/mol. The van der Waals surface area contributed by atoms with Crippen molar-refractivity contribution in [1.82, 2.24) is 0 Å². The fraction of sp³-hybridized carbons (Fsp3) is 0.300. The highest BCUT2D eigenvalue weighted by Gasteiger charge is 2.14. The minimum absolute atomic E-state index is 0.0513. The number of rotatable bonds is 3. The molecule has 1 aromatic rings. The van der Waals surface area contributed by atoms with E-state index < -0.39 is 4.92 Å². The third-order valence-corrected chi connectivity index (χ3v) is 2.29. The standard InChI is InChI=1S/C10H13N3O2S/c1-7(2)12(10(11)16)8-3-5-9(6-4-8)13(14)15/h3-7H,1-2H3,(H2,11,16). The van der Waals surface area contributed by atoms with E-state index in [9.17, 15) is 10.1 Å². The van der Waals surface area contributed by atoms with Gasteiger partial charge in [0.2, 0.25) is 0 Å². The molecule has 0 saturated carbocycles. The maximum Gasteiger partial charge on any atom is 0.269 e. The number of anilines is 1. The molecule has 1 rings (SSSR count). The fourth-order valence-corrected chi connectivity index (χ4v) is 1.73. The lowest BCUT2D eigenvalue weighted by Crippen LogP contribution is -2.40. The molecule has 0 amide bonds. The average Bonchev–Trinajstić information content (AvgIpc) is 2.17. The lowest BCUT2D eigenvalue weighted by Gasteiger charge is -2.26. The molecular formula is C10H13N3O2S. The van der Waals surface area contributed by atoms with Crippen molar-refractivity contribution in [1.29, 1.82) is 0 Å². The Kier molecular flexibility index (Phi) is 3.78. The van der Waals surface area contributed by atoms with Gasteiger partial charge in [0.25, 0.3) is 5.69 Å². The number of nitrogens with zero attached hydrogens (tertiary/aromatic N) is 2. The van der Waals surface area contributed by atoms with Crippen molar-refractivity contribution in [3.05, 3.63) is 34.4 Å². The summed E-state index contributed by atoms with van der Waals surface area (Å²) in [6.45, 7) is 3.89. The van der Waals surface area contributed by atoms with Gasteiger partial charge in [-0.2, -0.15) is 0 Å². The minimum atomic E-state index is -0.440. The molecule has 1 aromatic carbocycles. The van der Waals surface area contributed by atoms with Gasteiger partial charge in [0, 0.05) is 23.9 Å². The Hall–Kier alpha value is -1.69. The van der Waals surface area contributed by atoms with Crippen LogP contribution in [0.3, 0.4) is 0 Å². The third kappa shape index (κ3) is 2.66. The first-order valence-corrected chi connectivity index (χ1v) is 5.17. The molecule has 6 heteroatoms. The van der Waals surface area contributed by atoms with Crippen molar-refractivity contribution in [3.63, 3.8) is 0 Å². The predicted octanol–water partition coefficient (Wildman–Crippen LogP) is 2.05. The number of nitro benzene ring substituents is 1. The van der Waals surface area contributed by atoms with Gasteiger partial charge in [0.15, 0.2) is 5.11 Å². The molecule has 0 unspecified atom stereocenters. The van der Waals surface area contributed by atoms with Crippen LogP contribution in [-0.4, -0.2) is 16.1 Å². The molecule has 0 aliphatic heterocycles. The van der Waals surface area contributed by atoms with E-state index in [1.807, 2.05) is 13.8 Å². The van der Waals surface area contributed by atoms with Gasteiger partial charge >= 0.3 is 0 Å². The van der Waals surface area contributed by atoms with E-state index >= 15 is 0 Å². The van der Waals surface area contributed by atoms with Crippen molar-refractivity contribution in [2.45, 2.75) is 19.9 Å². The fourth-order valence-electron chi connectivity index (χ4n) is 1.41. The van der Waals surface area contributed by atoms with Crippen LogP contribution in [0.4, 0.5) is 11.4 Å². The topological polar surface area (TPSA) is 72.4 Å². The molecule has 0 aliphatic rings. The van der Waals surface area contributed by atoms with E-state index in [0.717, 1.165) is 5.69 Å². The highest BCUT2D eigenvalue weighted by atomic mass is 32.1. The van der Waals surface area contributed by atoms with Crippen molar-refractivity contribution in [3.8, 4) is 0 Å².